The van der Waals surface area contributed by atoms with Gasteiger partial charge in [-0.05, 0) is 36.8 Å². The number of thiophene rings is 1. The molecule has 1 aliphatic heterocycles. The topological polar surface area (TPSA) is 41.1 Å². The van der Waals surface area contributed by atoms with Gasteiger partial charge in [-0.25, -0.2) is 0 Å². The molecule has 2 N–H and O–H groups in total. The van der Waals surface area contributed by atoms with Crippen molar-refractivity contribution in [1.82, 2.24) is 10.6 Å². The summed E-state index contributed by atoms with van der Waals surface area (Å²) < 4.78 is 0. The molecule has 3 nitrogen and oxygen atoms in total. The third-order valence-electron chi connectivity index (χ3n) is 3.48. The van der Waals surface area contributed by atoms with Crippen molar-refractivity contribution in [3.05, 3.63) is 22.4 Å². The van der Waals surface area contributed by atoms with E-state index in [2.05, 4.69) is 35.9 Å². The zero-order valence-corrected chi connectivity index (χ0v) is 11.9. The molecule has 0 aliphatic carbocycles. The van der Waals surface area contributed by atoms with E-state index in [0.717, 1.165) is 25.9 Å². The molecule has 0 radical (unpaired) electrons. The first-order valence-corrected chi connectivity index (χ1v) is 7.61. The number of piperidine rings is 1. The van der Waals surface area contributed by atoms with Crippen molar-refractivity contribution in [3.8, 4) is 0 Å². The van der Waals surface area contributed by atoms with Crippen molar-refractivity contribution in [2.24, 2.45) is 11.8 Å². The number of hydrogen-bond acceptors (Lipinski definition) is 3. The van der Waals surface area contributed by atoms with Crippen LogP contribution in [0.25, 0.3) is 0 Å². The van der Waals surface area contributed by atoms with Crippen LogP contribution in [0.15, 0.2) is 17.5 Å². The molecular weight excluding hydrogens is 244 g/mol. The molecule has 1 aliphatic rings. The first-order valence-electron chi connectivity index (χ1n) is 6.73. The van der Waals surface area contributed by atoms with E-state index in [-0.39, 0.29) is 17.9 Å². The van der Waals surface area contributed by atoms with Crippen LogP contribution in [0, 0.1) is 11.8 Å². The van der Waals surface area contributed by atoms with Gasteiger partial charge in [0.15, 0.2) is 0 Å². The zero-order valence-electron chi connectivity index (χ0n) is 11.1. The van der Waals surface area contributed by atoms with E-state index in [4.69, 9.17) is 0 Å². The Labute approximate surface area is 113 Å². The lowest BCUT2D eigenvalue weighted by Crippen LogP contribution is -2.42. The van der Waals surface area contributed by atoms with E-state index >= 15 is 0 Å². The second-order valence-electron chi connectivity index (χ2n) is 5.29. The van der Waals surface area contributed by atoms with Crippen molar-refractivity contribution in [3.63, 3.8) is 0 Å². The van der Waals surface area contributed by atoms with Crippen molar-refractivity contribution >= 4 is 17.2 Å². The van der Waals surface area contributed by atoms with Crippen LogP contribution in [0.1, 0.15) is 37.6 Å². The number of rotatable bonds is 4. The van der Waals surface area contributed by atoms with Gasteiger partial charge in [-0.15, -0.1) is 11.3 Å². The Bertz CT molecular complexity index is 369. The second kappa shape index (κ2) is 6.34. The Morgan fingerprint density at radius 2 is 2.39 bits per heavy atom. The summed E-state index contributed by atoms with van der Waals surface area (Å²) in [4.78, 5) is 13.5. The molecule has 4 heteroatoms. The number of carbonyl (C=O) groups excluding carboxylic acids is 1. The lowest BCUT2D eigenvalue weighted by molar-refractivity contribution is -0.126. The van der Waals surface area contributed by atoms with Gasteiger partial charge in [0, 0.05) is 11.4 Å². The lowest BCUT2D eigenvalue weighted by atomic mass is 9.96. The summed E-state index contributed by atoms with van der Waals surface area (Å²) >= 11 is 1.72. The van der Waals surface area contributed by atoms with E-state index in [1.54, 1.807) is 11.3 Å². The van der Waals surface area contributed by atoms with E-state index in [1.807, 2.05) is 6.07 Å². The fraction of sp³-hybridized carbons (Fsp3) is 0.643. The summed E-state index contributed by atoms with van der Waals surface area (Å²) in [5.74, 6) is 0.762. The highest BCUT2D eigenvalue weighted by Gasteiger charge is 2.25. The van der Waals surface area contributed by atoms with Gasteiger partial charge >= 0.3 is 0 Å². The van der Waals surface area contributed by atoms with Gasteiger partial charge in [-0.3, -0.25) is 4.79 Å². The highest BCUT2D eigenvalue weighted by molar-refractivity contribution is 7.10. The van der Waals surface area contributed by atoms with Crippen LogP contribution in [0.5, 0.6) is 0 Å². The minimum Gasteiger partial charge on any atom is -0.348 e. The summed E-state index contributed by atoms with van der Waals surface area (Å²) in [6.45, 7) is 6.18. The molecule has 0 saturated carbocycles. The van der Waals surface area contributed by atoms with Crippen molar-refractivity contribution in [1.29, 1.82) is 0 Å². The highest BCUT2D eigenvalue weighted by Crippen LogP contribution is 2.26. The first-order chi connectivity index (χ1) is 8.68. The maximum absolute atomic E-state index is 12.3. The maximum Gasteiger partial charge on any atom is 0.224 e. The van der Waals surface area contributed by atoms with Gasteiger partial charge in [0.1, 0.15) is 0 Å². The van der Waals surface area contributed by atoms with Crippen LogP contribution in [0.2, 0.25) is 0 Å². The van der Waals surface area contributed by atoms with E-state index in [9.17, 15) is 4.79 Å². The number of carbonyl (C=O) groups is 1. The van der Waals surface area contributed by atoms with Crippen molar-refractivity contribution < 1.29 is 4.79 Å². The van der Waals surface area contributed by atoms with Crippen molar-refractivity contribution in [2.75, 3.05) is 13.1 Å². The quantitative estimate of drug-likeness (QED) is 0.879. The Morgan fingerprint density at radius 1 is 1.56 bits per heavy atom. The summed E-state index contributed by atoms with van der Waals surface area (Å²) in [6, 6.07) is 4.30. The summed E-state index contributed by atoms with van der Waals surface area (Å²) in [5.41, 5.74) is 0. The van der Waals surface area contributed by atoms with Crippen LogP contribution in [0.3, 0.4) is 0 Å². The van der Waals surface area contributed by atoms with Crippen molar-refractivity contribution in [2.45, 2.75) is 32.7 Å². The fourth-order valence-electron chi connectivity index (χ4n) is 2.38. The molecule has 1 fully saturated rings. The molecule has 0 spiro atoms. The molecule has 1 aromatic heterocycles. The molecule has 1 aromatic rings. The number of nitrogens with one attached hydrogen (secondary N) is 2. The van der Waals surface area contributed by atoms with Gasteiger partial charge in [0.25, 0.3) is 0 Å². The molecule has 2 heterocycles. The van der Waals surface area contributed by atoms with E-state index < -0.39 is 0 Å². The minimum atomic E-state index is 0.139. The maximum atomic E-state index is 12.3. The molecule has 100 valence electrons. The Balaban J connectivity index is 1.98. The second-order valence-corrected chi connectivity index (χ2v) is 6.27. The van der Waals surface area contributed by atoms with Gasteiger partial charge in [0.2, 0.25) is 5.91 Å². The van der Waals surface area contributed by atoms with Crippen LogP contribution in [-0.4, -0.2) is 19.0 Å². The normalized spacial score (nSPS) is 21.8. The van der Waals surface area contributed by atoms with E-state index in [1.165, 1.54) is 4.88 Å². The molecule has 1 unspecified atom stereocenters. The SMILES string of the molecule is CC(C)C(NC(=O)[C@@H]1CCCNC1)c1cccs1. The van der Waals surface area contributed by atoms with Gasteiger partial charge in [-0.2, -0.15) is 0 Å². The highest BCUT2D eigenvalue weighted by atomic mass is 32.1. The van der Waals surface area contributed by atoms with Crippen LogP contribution >= 0.6 is 11.3 Å². The molecule has 0 bridgehead atoms. The lowest BCUT2D eigenvalue weighted by Gasteiger charge is -2.27. The Hall–Kier alpha value is -0.870. The first kappa shape index (κ1) is 13.6. The Kier molecular flexibility index (Phi) is 4.78. The van der Waals surface area contributed by atoms with E-state index in [0.29, 0.717) is 5.92 Å². The molecule has 2 rings (SSSR count). The standard InChI is InChI=1S/C14H22N2OS/c1-10(2)13(12-6-4-8-18-12)16-14(17)11-5-3-7-15-9-11/h4,6,8,10-11,13,15H,3,5,7,9H2,1-2H3,(H,16,17)/t11-,13?/m1/s1. The molecular formula is C14H22N2OS. The average molecular weight is 266 g/mol. The zero-order chi connectivity index (χ0) is 13.0. The smallest absolute Gasteiger partial charge is 0.224 e. The minimum absolute atomic E-state index is 0.139. The number of hydrogen-bond donors (Lipinski definition) is 2. The number of amides is 1. The molecule has 2 atom stereocenters. The van der Waals surface area contributed by atoms with Crippen LogP contribution in [0.4, 0.5) is 0 Å². The summed E-state index contributed by atoms with van der Waals surface area (Å²) in [6.07, 6.45) is 2.11. The van der Waals surface area contributed by atoms with Gasteiger partial charge < -0.3 is 10.6 Å². The molecule has 1 amide bonds. The van der Waals surface area contributed by atoms with Crippen LogP contribution in [-0.2, 0) is 4.79 Å². The molecule has 1 saturated heterocycles. The van der Waals surface area contributed by atoms with Gasteiger partial charge in [-0.1, -0.05) is 19.9 Å². The van der Waals surface area contributed by atoms with Crippen LogP contribution < -0.4 is 10.6 Å². The third kappa shape index (κ3) is 3.33. The predicted octanol–water partition coefficient (Wildman–Crippen LogP) is 2.56. The monoisotopic (exact) mass is 266 g/mol. The third-order valence-corrected chi connectivity index (χ3v) is 4.44. The predicted molar refractivity (Wildman–Crippen MR) is 75.6 cm³/mol. The fourth-order valence-corrected chi connectivity index (χ4v) is 3.33. The largest absolute Gasteiger partial charge is 0.348 e. The Morgan fingerprint density at radius 3 is 2.94 bits per heavy atom. The average Bonchev–Trinajstić information content (AvgIpc) is 2.90. The summed E-state index contributed by atoms with van der Waals surface area (Å²) in [7, 11) is 0. The molecule has 18 heavy (non-hydrogen) atoms. The molecule has 0 aromatic carbocycles. The summed E-state index contributed by atoms with van der Waals surface area (Å²) in [5, 5.41) is 8.58. The van der Waals surface area contributed by atoms with Gasteiger partial charge in [0.05, 0.1) is 12.0 Å².